The van der Waals surface area contributed by atoms with E-state index < -0.39 is 10.0 Å². The van der Waals surface area contributed by atoms with Crippen molar-refractivity contribution in [2.75, 3.05) is 20.2 Å². The molecule has 0 spiro atoms. The predicted octanol–water partition coefficient (Wildman–Crippen LogP) is 0.224. The van der Waals surface area contributed by atoms with E-state index in [9.17, 15) is 13.2 Å². The Hall–Kier alpha value is -1.90. The predicted molar refractivity (Wildman–Crippen MR) is 87.4 cm³/mol. The van der Waals surface area contributed by atoms with Crippen LogP contribution < -0.4 is 20.5 Å². The van der Waals surface area contributed by atoms with E-state index in [0.717, 1.165) is 25.9 Å². The fraction of sp³-hybridized carbons (Fsp3) is 0.400. The topological polar surface area (TPSA) is 111 Å². The highest BCUT2D eigenvalue weighted by molar-refractivity contribution is 7.89. The fourth-order valence-electron chi connectivity index (χ4n) is 2.42. The Bertz CT molecular complexity index is 695. The summed E-state index contributed by atoms with van der Waals surface area (Å²) in [5.41, 5.74) is 0.548. The smallest absolute Gasteiger partial charge is 0.244 e. The van der Waals surface area contributed by atoms with Crippen molar-refractivity contribution in [1.82, 2.24) is 10.6 Å². The molecule has 1 aromatic rings. The third kappa shape index (κ3) is 5.05. The molecule has 1 heterocycles. The zero-order chi connectivity index (χ0) is 16.9. The normalized spacial score (nSPS) is 18.8. The summed E-state index contributed by atoms with van der Waals surface area (Å²) < 4.78 is 28.1. The second-order valence-electron chi connectivity index (χ2n) is 5.34. The largest absolute Gasteiger partial charge is 0.495 e. The molecular weight excluding hydrogens is 318 g/mol. The molecule has 1 unspecified atom stereocenters. The number of hydrogen-bond donors (Lipinski definition) is 3. The van der Waals surface area contributed by atoms with E-state index in [1.807, 2.05) is 0 Å². The van der Waals surface area contributed by atoms with Crippen molar-refractivity contribution in [1.29, 1.82) is 0 Å². The number of rotatable bonds is 5. The molecule has 1 fully saturated rings. The number of sulfonamides is 1. The van der Waals surface area contributed by atoms with Gasteiger partial charge >= 0.3 is 0 Å². The summed E-state index contributed by atoms with van der Waals surface area (Å²) in [7, 11) is -2.53. The average molecular weight is 339 g/mol. The van der Waals surface area contributed by atoms with Gasteiger partial charge in [0, 0.05) is 18.7 Å². The number of nitrogens with two attached hydrogens (primary N) is 1. The van der Waals surface area contributed by atoms with Gasteiger partial charge in [0.25, 0.3) is 0 Å². The minimum absolute atomic E-state index is 0.112. The number of benzene rings is 1. The molecule has 126 valence electrons. The summed E-state index contributed by atoms with van der Waals surface area (Å²) in [5, 5.41) is 11.3. The molecule has 0 bridgehead atoms. The lowest BCUT2D eigenvalue weighted by molar-refractivity contribution is -0.117. The summed E-state index contributed by atoms with van der Waals surface area (Å²) in [6, 6.07) is 4.65. The minimum atomic E-state index is -3.90. The quantitative estimate of drug-likeness (QED) is 0.665. The summed E-state index contributed by atoms with van der Waals surface area (Å²) >= 11 is 0. The first kappa shape index (κ1) is 17.5. The van der Waals surface area contributed by atoms with Crippen LogP contribution in [-0.4, -0.2) is 40.6 Å². The molecule has 1 aliphatic heterocycles. The number of hydrogen-bond acceptors (Lipinski definition) is 5. The van der Waals surface area contributed by atoms with E-state index in [1.54, 1.807) is 12.1 Å². The zero-order valence-electron chi connectivity index (χ0n) is 12.9. The lowest BCUT2D eigenvalue weighted by Gasteiger charge is -2.23. The molecule has 0 saturated carbocycles. The Morgan fingerprint density at radius 3 is 2.87 bits per heavy atom. The number of nitrogens with one attached hydrogen (secondary N) is 2. The van der Waals surface area contributed by atoms with Crippen LogP contribution >= 0.6 is 0 Å². The monoisotopic (exact) mass is 339 g/mol. The van der Waals surface area contributed by atoms with Crippen molar-refractivity contribution in [3.05, 3.63) is 29.8 Å². The van der Waals surface area contributed by atoms with E-state index in [1.165, 1.54) is 25.3 Å². The van der Waals surface area contributed by atoms with Crippen LogP contribution in [0.1, 0.15) is 18.4 Å². The highest BCUT2D eigenvalue weighted by Crippen LogP contribution is 2.24. The van der Waals surface area contributed by atoms with Crippen LogP contribution in [0.2, 0.25) is 0 Å². The molecule has 0 aliphatic carbocycles. The molecule has 0 aromatic heterocycles. The molecule has 8 heteroatoms. The van der Waals surface area contributed by atoms with Crippen LogP contribution in [-0.2, 0) is 14.8 Å². The van der Waals surface area contributed by atoms with Crippen molar-refractivity contribution in [2.24, 2.45) is 5.14 Å². The summed E-state index contributed by atoms with van der Waals surface area (Å²) in [4.78, 5) is 11.8. The minimum Gasteiger partial charge on any atom is -0.495 e. The lowest BCUT2D eigenvalue weighted by Crippen LogP contribution is -2.45. The molecule has 1 aliphatic rings. The summed E-state index contributed by atoms with van der Waals surface area (Å²) in [5.74, 6) is -0.0472. The number of amides is 1. The third-order valence-electron chi connectivity index (χ3n) is 3.56. The molecule has 23 heavy (non-hydrogen) atoms. The molecule has 4 N–H and O–H groups in total. The molecule has 1 amide bonds. The number of ether oxygens (including phenoxy) is 1. The first-order valence-corrected chi connectivity index (χ1v) is 8.85. The lowest BCUT2D eigenvalue weighted by atomic mass is 10.1. The Labute approximate surface area is 135 Å². The SMILES string of the molecule is COc1ccc(C=CC(=O)NC2CCCNC2)cc1S(N)(=O)=O. The van der Waals surface area contributed by atoms with Crippen molar-refractivity contribution in [2.45, 2.75) is 23.8 Å². The van der Waals surface area contributed by atoms with Gasteiger partial charge in [0.2, 0.25) is 15.9 Å². The Kier molecular flexibility index (Phi) is 5.75. The van der Waals surface area contributed by atoms with Crippen LogP contribution in [0.15, 0.2) is 29.2 Å². The van der Waals surface area contributed by atoms with Crippen LogP contribution in [0, 0.1) is 0 Å². The highest BCUT2D eigenvalue weighted by atomic mass is 32.2. The number of carbonyl (C=O) groups excluding carboxylic acids is 1. The molecule has 1 atom stereocenters. The number of piperidine rings is 1. The van der Waals surface area contributed by atoms with Crippen LogP contribution in [0.25, 0.3) is 6.08 Å². The average Bonchev–Trinajstić information content (AvgIpc) is 2.53. The van der Waals surface area contributed by atoms with Crippen molar-refractivity contribution >= 4 is 22.0 Å². The van der Waals surface area contributed by atoms with Gasteiger partial charge in [0.1, 0.15) is 10.6 Å². The van der Waals surface area contributed by atoms with Crippen LogP contribution in [0.5, 0.6) is 5.75 Å². The summed E-state index contributed by atoms with van der Waals surface area (Å²) in [6.45, 7) is 1.74. The first-order valence-electron chi connectivity index (χ1n) is 7.30. The van der Waals surface area contributed by atoms with E-state index in [0.29, 0.717) is 5.56 Å². The van der Waals surface area contributed by atoms with Gasteiger partial charge in [-0.15, -0.1) is 0 Å². The number of primary sulfonamides is 1. The van der Waals surface area contributed by atoms with Gasteiger partial charge in [-0.3, -0.25) is 4.79 Å². The Morgan fingerprint density at radius 2 is 2.26 bits per heavy atom. The number of carbonyl (C=O) groups is 1. The van der Waals surface area contributed by atoms with Gasteiger partial charge < -0.3 is 15.4 Å². The van der Waals surface area contributed by atoms with Crippen LogP contribution in [0.3, 0.4) is 0 Å². The highest BCUT2D eigenvalue weighted by Gasteiger charge is 2.16. The standard InChI is InChI=1S/C15H21N3O4S/c1-22-13-6-4-11(9-14(13)23(16,20)21)5-7-15(19)18-12-3-2-8-17-10-12/h4-7,9,12,17H,2-3,8,10H2,1H3,(H,18,19)(H2,16,20,21). The molecule has 0 radical (unpaired) electrons. The Balaban J connectivity index is 2.08. The third-order valence-corrected chi connectivity index (χ3v) is 4.50. The van der Waals surface area contributed by atoms with E-state index in [4.69, 9.17) is 9.88 Å². The number of methoxy groups -OCH3 is 1. The second kappa shape index (κ2) is 7.58. The maximum absolute atomic E-state index is 11.9. The Morgan fingerprint density at radius 1 is 1.48 bits per heavy atom. The molecule has 7 nitrogen and oxygen atoms in total. The van der Waals surface area contributed by atoms with Crippen molar-refractivity contribution in [3.8, 4) is 5.75 Å². The fourth-order valence-corrected chi connectivity index (χ4v) is 3.15. The molecule has 2 rings (SSSR count). The van der Waals surface area contributed by atoms with E-state index >= 15 is 0 Å². The van der Waals surface area contributed by atoms with Crippen molar-refractivity contribution < 1.29 is 17.9 Å². The van der Waals surface area contributed by atoms with Gasteiger partial charge in [-0.1, -0.05) is 6.07 Å². The molecule has 1 aromatic carbocycles. The summed E-state index contributed by atoms with van der Waals surface area (Å²) in [6.07, 6.45) is 4.90. The van der Waals surface area contributed by atoms with Gasteiger partial charge in [-0.05, 0) is 43.2 Å². The van der Waals surface area contributed by atoms with Gasteiger partial charge in [0.15, 0.2) is 0 Å². The second-order valence-corrected chi connectivity index (χ2v) is 6.87. The van der Waals surface area contributed by atoms with Gasteiger partial charge in [0.05, 0.1) is 7.11 Å². The maximum atomic E-state index is 11.9. The van der Waals surface area contributed by atoms with Gasteiger partial charge in [-0.25, -0.2) is 13.6 Å². The first-order chi connectivity index (χ1) is 10.9. The maximum Gasteiger partial charge on any atom is 0.244 e. The van der Waals surface area contributed by atoms with Gasteiger partial charge in [-0.2, -0.15) is 0 Å². The zero-order valence-corrected chi connectivity index (χ0v) is 13.7. The van der Waals surface area contributed by atoms with Crippen molar-refractivity contribution in [3.63, 3.8) is 0 Å². The van der Waals surface area contributed by atoms with E-state index in [-0.39, 0.29) is 22.6 Å². The van der Waals surface area contributed by atoms with Crippen LogP contribution in [0.4, 0.5) is 0 Å². The molecular formula is C15H21N3O4S. The molecule has 1 saturated heterocycles. The van der Waals surface area contributed by atoms with E-state index in [2.05, 4.69) is 10.6 Å².